The summed E-state index contributed by atoms with van der Waals surface area (Å²) in [5, 5.41) is 8.66. The van der Waals surface area contributed by atoms with Gasteiger partial charge in [0.1, 0.15) is 6.29 Å². The Morgan fingerprint density at radius 2 is 2.00 bits per heavy atom. The molecular weight excluding hydrogens is 152 g/mol. The van der Waals surface area contributed by atoms with Gasteiger partial charge in [0.15, 0.2) is 0 Å². The third kappa shape index (κ3) is 5.86. The second-order valence-electron chi connectivity index (χ2n) is 2.90. The Labute approximate surface area is 73.6 Å². The molecule has 0 amide bonds. The van der Waals surface area contributed by atoms with Crippen LogP contribution in [-0.4, -0.2) is 18.0 Å². The zero-order valence-corrected chi connectivity index (χ0v) is 7.71. The molecule has 1 N–H and O–H groups in total. The normalized spacial score (nSPS) is 13.2. The molecule has 0 aliphatic carbocycles. The molecule has 2 nitrogen and oxygen atoms in total. The molecule has 0 bridgehead atoms. The Hall–Kier alpha value is -0.890. The Morgan fingerprint density at radius 3 is 2.50 bits per heavy atom. The number of rotatable bonds is 5. The van der Waals surface area contributed by atoms with Crippen molar-refractivity contribution >= 4 is 6.29 Å². The van der Waals surface area contributed by atoms with Crippen LogP contribution in [0.3, 0.4) is 0 Å². The molecule has 0 atom stereocenters. The van der Waals surface area contributed by atoms with Crippen molar-refractivity contribution in [3.05, 3.63) is 23.3 Å². The van der Waals surface area contributed by atoms with Crippen LogP contribution in [0.2, 0.25) is 0 Å². The molecule has 12 heavy (non-hydrogen) atoms. The predicted octanol–water partition coefficient (Wildman–Crippen LogP) is 1.85. The van der Waals surface area contributed by atoms with Gasteiger partial charge in [0, 0.05) is 0 Å². The number of hydrogen-bond acceptors (Lipinski definition) is 2. The summed E-state index contributed by atoms with van der Waals surface area (Å²) in [7, 11) is 0. The van der Waals surface area contributed by atoms with E-state index in [4.69, 9.17) is 5.11 Å². The van der Waals surface area contributed by atoms with E-state index in [1.54, 1.807) is 6.08 Å². The van der Waals surface area contributed by atoms with Gasteiger partial charge in [-0.1, -0.05) is 17.2 Å². The highest BCUT2D eigenvalue weighted by molar-refractivity contribution is 5.65. The van der Waals surface area contributed by atoms with E-state index in [9.17, 15) is 4.79 Å². The van der Waals surface area contributed by atoms with Crippen LogP contribution in [0.15, 0.2) is 23.3 Å². The van der Waals surface area contributed by atoms with Gasteiger partial charge in [-0.05, 0) is 32.8 Å². The van der Waals surface area contributed by atoms with E-state index in [0.29, 0.717) is 0 Å². The third-order valence-corrected chi connectivity index (χ3v) is 1.63. The SMILES string of the molecule is CC(=CCC/C(C)=C/C=O)CO. The van der Waals surface area contributed by atoms with Crippen molar-refractivity contribution in [1.82, 2.24) is 0 Å². The van der Waals surface area contributed by atoms with Gasteiger partial charge in [0.25, 0.3) is 0 Å². The smallest absolute Gasteiger partial charge is 0.142 e. The number of aldehydes is 1. The van der Waals surface area contributed by atoms with Crippen molar-refractivity contribution in [2.75, 3.05) is 6.61 Å². The van der Waals surface area contributed by atoms with Crippen LogP contribution in [0.4, 0.5) is 0 Å². The quantitative estimate of drug-likeness (QED) is 0.386. The van der Waals surface area contributed by atoms with Crippen molar-refractivity contribution in [2.24, 2.45) is 0 Å². The number of carbonyl (C=O) groups excluding carboxylic acids is 1. The van der Waals surface area contributed by atoms with Crippen LogP contribution in [-0.2, 0) is 4.79 Å². The first kappa shape index (κ1) is 11.1. The van der Waals surface area contributed by atoms with Gasteiger partial charge < -0.3 is 5.11 Å². The van der Waals surface area contributed by atoms with Crippen LogP contribution in [0.1, 0.15) is 26.7 Å². The third-order valence-electron chi connectivity index (χ3n) is 1.63. The first-order chi connectivity index (χ1) is 5.70. The summed E-state index contributed by atoms with van der Waals surface area (Å²) in [4.78, 5) is 10.0. The molecule has 0 spiro atoms. The standard InChI is InChI=1S/C10H16O2/c1-9(6-7-11)4-3-5-10(2)8-12/h5-7,12H,3-4,8H2,1-2H3/b9-6+,10-5?. The summed E-state index contributed by atoms with van der Waals surface area (Å²) in [6.45, 7) is 3.94. The molecule has 0 aromatic heterocycles. The lowest BCUT2D eigenvalue weighted by Gasteiger charge is -1.96. The Balaban J connectivity index is 3.69. The van der Waals surface area contributed by atoms with Gasteiger partial charge in [0.2, 0.25) is 0 Å². The van der Waals surface area contributed by atoms with Crippen LogP contribution in [0, 0.1) is 0 Å². The Bertz CT molecular complexity index is 190. The van der Waals surface area contributed by atoms with Gasteiger partial charge >= 0.3 is 0 Å². The zero-order valence-electron chi connectivity index (χ0n) is 7.71. The van der Waals surface area contributed by atoms with Gasteiger partial charge in [-0.2, -0.15) is 0 Å². The highest BCUT2D eigenvalue weighted by atomic mass is 16.3. The van der Waals surface area contributed by atoms with Gasteiger partial charge in [-0.25, -0.2) is 0 Å². The van der Waals surface area contributed by atoms with Crippen molar-refractivity contribution in [3.8, 4) is 0 Å². The predicted molar refractivity (Wildman–Crippen MR) is 49.9 cm³/mol. The molecule has 2 heteroatoms. The summed E-state index contributed by atoms with van der Waals surface area (Å²) >= 11 is 0. The maximum Gasteiger partial charge on any atom is 0.142 e. The van der Waals surface area contributed by atoms with Crippen LogP contribution in [0.25, 0.3) is 0 Å². The number of allylic oxidation sites excluding steroid dienone is 3. The van der Waals surface area contributed by atoms with Crippen molar-refractivity contribution < 1.29 is 9.90 Å². The minimum atomic E-state index is 0.121. The van der Waals surface area contributed by atoms with E-state index in [2.05, 4.69) is 0 Å². The molecule has 0 heterocycles. The molecule has 0 aliphatic rings. The van der Waals surface area contributed by atoms with E-state index >= 15 is 0 Å². The fourth-order valence-electron chi connectivity index (χ4n) is 0.810. The first-order valence-corrected chi connectivity index (χ1v) is 4.08. The maximum atomic E-state index is 10.0. The van der Waals surface area contributed by atoms with Crippen LogP contribution in [0.5, 0.6) is 0 Å². The zero-order chi connectivity index (χ0) is 9.40. The van der Waals surface area contributed by atoms with E-state index in [0.717, 1.165) is 30.3 Å². The lowest BCUT2D eigenvalue weighted by atomic mass is 10.1. The molecule has 68 valence electrons. The van der Waals surface area contributed by atoms with Gasteiger partial charge in [-0.3, -0.25) is 4.79 Å². The molecule has 0 aromatic rings. The van der Waals surface area contributed by atoms with Gasteiger partial charge in [0.05, 0.1) is 6.61 Å². The molecule has 0 rings (SSSR count). The molecule has 0 saturated carbocycles. The van der Waals surface area contributed by atoms with Gasteiger partial charge in [-0.15, -0.1) is 0 Å². The largest absolute Gasteiger partial charge is 0.392 e. The van der Waals surface area contributed by atoms with Crippen molar-refractivity contribution in [1.29, 1.82) is 0 Å². The first-order valence-electron chi connectivity index (χ1n) is 4.08. The van der Waals surface area contributed by atoms with E-state index in [-0.39, 0.29) is 6.61 Å². The molecule has 0 aromatic carbocycles. The molecule has 0 unspecified atom stereocenters. The van der Waals surface area contributed by atoms with E-state index in [1.165, 1.54) is 0 Å². The molecule has 0 radical (unpaired) electrons. The molecule has 0 aliphatic heterocycles. The summed E-state index contributed by atoms with van der Waals surface area (Å²) in [5.74, 6) is 0. The second-order valence-corrected chi connectivity index (χ2v) is 2.90. The lowest BCUT2D eigenvalue weighted by Crippen LogP contribution is -1.84. The maximum absolute atomic E-state index is 10.0. The highest BCUT2D eigenvalue weighted by Crippen LogP contribution is 2.05. The average Bonchev–Trinajstić information content (AvgIpc) is 2.04. The fourth-order valence-corrected chi connectivity index (χ4v) is 0.810. The second kappa shape index (κ2) is 6.80. The highest BCUT2D eigenvalue weighted by Gasteiger charge is 1.88. The summed E-state index contributed by atoms with van der Waals surface area (Å²) in [6, 6.07) is 0. The number of aliphatic hydroxyl groups excluding tert-OH is 1. The molecular formula is C10H16O2. The van der Waals surface area contributed by atoms with Crippen molar-refractivity contribution in [3.63, 3.8) is 0 Å². The summed E-state index contributed by atoms with van der Waals surface area (Å²) in [5.41, 5.74) is 2.06. The minimum absolute atomic E-state index is 0.121. The van der Waals surface area contributed by atoms with Crippen molar-refractivity contribution in [2.45, 2.75) is 26.7 Å². The lowest BCUT2D eigenvalue weighted by molar-refractivity contribution is -0.104. The molecule has 0 fully saturated rings. The summed E-state index contributed by atoms with van der Waals surface area (Å²) in [6.07, 6.45) is 6.14. The Kier molecular flexibility index (Phi) is 6.29. The van der Waals surface area contributed by atoms with Crippen LogP contribution < -0.4 is 0 Å². The topological polar surface area (TPSA) is 37.3 Å². The fraction of sp³-hybridized carbons (Fsp3) is 0.500. The van der Waals surface area contributed by atoms with E-state index < -0.39 is 0 Å². The average molecular weight is 168 g/mol. The van der Waals surface area contributed by atoms with Crippen LogP contribution >= 0.6 is 0 Å². The monoisotopic (exact) mass is 168 g/mol. The minimum Gasteiger partial charge on any atom is -0.392 e. The molecule has 0 saturated heterocycles. The summed E-state index contributed by atoms with van der Waals surface area (Å²) < 4.78 is 0. The number of aliphatic hydroxyl groups is 1. The Morgan fingerprint density at radius 1 is 1.33 bits per heavy atom. The van der Waals surface area contributed by atoms with E-state index in [1.807, 2.05) is 19.9 Å². The number of hydrogen-bond donors (Lipinski definition) is 1. The number of carbonyl (C=O) groups is 1.